The van der Waals surface area contributed by atoms with Crippen molar-refractivity contribution in [2.24, 2.45) is 0 Å². The molecule has 6 heteroatoms. The van der Waals surface area contributed by atoms with Crippen molar-refractivity contribution in [1.29, 1.82) is 0 Å². The molecule has 2 N–H and O–H groups in total. The lowest BCUT2D eigenvalue weighted by Gasteiger charge is -2.16. The van der Waals surface area contributed by atoms with Gasteiger partial charge >= 0.3 is 0 Å². The molecule has 4 nitrogen and oxygen atoms in total. The lowest BCUT2D eigenvalue weighted by Crippen LogP contribution is -2.35. The average Bonchev–Trinajstić information content (AvgIpc) is 3.14. The van der Waals surface area contributed by atoms with E-state index in [9.17, 15) is 8.42 Å². The van der Waals surface area contributed by atoms with Gasteiger partial charge < -0.3 is 5.32 Å². The molecule has 1 aromatic rings. The van der Waals surface area contributed by atoms with Crippen LogP contribution < -0.4 is 10.0 Å². The summed E-state index contributed by atoms with van der Waals surface area (Å²) in [6.07, 6.45) is 2.29. The third kappa shape index (κ3) is 4.09. The van der Waals surface area contributed by atoms with Crippen LogP contribution >= 0.6 is 11.6 Å². The minimum Gasteiger partial charge on any atom is -0.313 e. The molecular weight excluding hydrogens is 284 g/mol. The number of anilines is 1. The average molecular weight is 303 g/mol. The van der Waals surface area contributed by atoms with E-state index in [-0.39, 0.29) is 0 Å². The van der Waals surface area contributed by atoms with Gasteiger partial charge in [0.25, 0.3) is 0 Å². The molecule has 106 valence electrons. The number of aryl methyl sites for hydroxylation is 1. The van der Waals surface area contributed by atoms with Crippen molar-refractivity contribution in [2.75, 3.05) is 11.3 Å². The van der Waals surface area contributed by atoms with Crippen molar-refractivity contribution in [2.45, 2.75) is 38.0 Å². The summed E-state index contributed by atoms with van der Waals surface area (Å²) in [6.45, 7) is 4.05. The molecule has 1 unspecified atom stereocenters. The highest BCUT2D eigenvalue weighted by Crippen LogP contribution is 2.25. The van der Waals surface area contributed by atoms with Crippen LogP contribution in [0.15, 0.2) is 18.2 Å². The minimum atomic E-state index is -3.42. The molecule has 0 amide bonds. The summed E-state index contributed by atoms with van der Waals surface area (Å²) < 4.78 is 26.9. The van der Waals surface area contributed by atoms with E-state index < -0.39 is 15.3 Å². The summed E-state index contributed by atoms with van der Waals surface area (Å²) in [6, 6.07) is 5.78. The topological polar surface area (TPSA) is 58.2 Å². The van der Waals surface area contributed by atoms with Crippen LogP contribution in [0.4, 0.5) is 5.69 Å². The lowest BCUT2D eigenvalue weighted by molar-refractivity contribution is 0.576. The molecule has 1 fully saturated rings. The molecule has 0 radical (unpaired) electrons. The van der Waals surface area contributed by atoms with E-state index in [2.05, 4.69) is 10.0 Å². The molecule has 0 aromatic heterocycles. The van der Waals surface area contributed by atoms with Gasteiger partial charge in [0.15, 0.2) is 0 Å². The molecule has 2 rings (SSSR count). The van der Waals surface area contributed by atoms with Crippen LogP contribution in [-0.4, -0.2) is 26.3 Å². The van der Waals surface area contributed by atoms with Gasteiger partial charge in [0, 0.05) is 12.6 Å². The fourth-order valence-electron chi connectivity index (χ4n) is 1.70. The normalized spacial score (nSPS) is 17.2. The molecule has 1 aromatic carbocycles. The second kappa shape index (κ2) is 5.69. The molecule has 19 heavy (non-hydrogen) atoms. The summed E-state index contributed by atoms with van der Waals surface area (Å²) in [5, 5.41) is 3.14. The number of benzene rings is 1. The van der Waals surface area contributed by atoms with Gasteiger partial charge in [-0.05, 0) is 44.4 Å². The van der Waals surface area contributed by atoms with Gasteiger partial charge in [0.05, 0.1) is 16.0 Å². The van der Waals surface area contributed by atoms with Crippen molar-refractivity contribution < 1.29 is 8.42 Å². The summed E-state index contributed by atoms with van der Waals surface area (Å²) >= 11 is 6.00. The van der Waals surface area contributed by atoms with E-state index in [1.54, 1.807) is 19.1 Å². The first-order valence-electron chi connectivity index (χ1n) is 6.39. The molecule has 0 saturated heterocycles. The van der Waals surface area contributed by atoms with Crippen LogP contribution in [0.3, 0.4) is 0 Å². The maximum absolute atomic E-state index is 12.2. The van der Waals surface area contributed by atoms with Crippen molar-refractivity contribution in [3.63, 3.8) is 0 Å². The van der Waals surface area contributed by atoms with Crippen molar-refractivity contribution >= 4 is 27.3 Å². The first kappa shape index (κ1) is 14.6. The number of hydrogen-bond donors (Lipinski definition) is 2. The number of halogens is 1. The maximum atomic E-state index is 12.2. The van der Waals surface area contributed by atoms with Gasteiger partial charge in [0.2, 0.25) is 10.0 Å². The summed E-state index contributed by atoms with van der Waals surface area (Å²) in [5.41, 5.74) is 1.41. The van der Waals surface area contributed by atoms with E-state index in [4.69, 9.17) is 11.6 Å². The van der Waals surface area contributed by atoms with Gasteiger partial charge in [-0.15, -0.1) is 0 Å². The third-order valence-corrected chi connectivity index (χ3v) is 5.24. The molecule has 0 spiro atoms. The van der Waals surface area contributed by atoms with Crippen LogP contribution in [0.25, 0.3) is 0 Å². The van der Waals surface area contributed by atoms with Crippen molar-refractivity contribution in [1.82, 2.24) is 5.32 Å². The second-order valence-corrected chi connectivity index (χ2v) is 7.63. The van der Waals surface area contributed by atoms with E-state index >= 15 is 0 Å². The van der Waals surface area contributed by atoms with E-state index in [1.807, 2.05) is 13.0 Å². The molecule has 1 atom stereocenters. The van der Waals surface area contributed by atoms with Crippen LogP contribution in [0, 0.1) is 6.92 Å². The highest BCUT2D eigenvalue weighted by molar-refractivity contribution is 7.93. The van der Waals surface area contributed by atoms with E-state index in [0.29, 0.717) is 23.3 Å². The molecule has 1 aliphatic carbocycles. The van der Waals surface area contributed by atoms with Crippen LogP contribution in [0.5, 0.6) is 0 Å². The Bertz CT molecular complexity index is 556. The Balaban J connectivity index is 2.04. The first-order chi connectivity index (χ1) is 8.88. The highest BCUT2D eigenvalue weighted by atomic mass is 35.5. The predicted molar refractivity (Wildman–Crippen MR) is 79.2 cm³/mol. The Morgan fingerprint density at radius 3 is 2.74 bits per heavy atom. The zero-order chi connectivity index (χ0) is 14.0. The Hall–Kier alpha value is -0.780. The predicted octanol–water partition coefficient (Wildman–Crippen LogP) is 2.53. The Morgan fingerprint density at radius 2 is 2.11 bits per heavy atom. The fourth-order valence-corrected chi connectivity index (χ4v) is 2.91. The maximum Gasteiger partial charge on any atom is 0.236 e. The molecule has 0 aliphatic heterocycles. The monoisotopic (exact) mass is 302 g/mol. The van der Waals surface area contributed by atoms with Gasteiger partial charge in [-0.1, -0.05) is 17.7 Å². The largest absolute Gasteiger partial charge is 0.313 e. The second-order valence-electron chi connectivity index (χ2n) is 5.12. The summed E-state index contributed by atoms with van der Waals surface area (Å²) in [7, 11) is -3.42. The molecular formula is C13H19ClN2O2S. The quantitative estimate of drug-likeness (QED) is 0.849. The smallest absolute Gasteiger partial charge is 0.236 e. The van der Waals surface area contributed by atoms with E-state index in [1.165, 1.54) is 0 Å². The van der Waals surface area contributed by atoms with Gasteiger partial charge in [-0.25, -0.2) is 8.42 Å². The standard InChI is InChI=1S/C13H19ClN2O2S/c1-9-3-6-12(14)13(7-9)16-19(17,18)10(2)8-15-11-4-5-11/h3,6-7,10-11,15-16H,4-5,8H2,1-2H3. The zero-order valence-electron chi connectivity index (χ0n) is 11.1. The third-order valence-electron chi connectivity index (χ3n) is 3.18. The number of rotatable bonds is 6. The Kier molecular flexibility index (Phi) is 4.38. The van der Waals surface area contributed by atoms with Crippen molar-refractivity contribution in [3.05, 3.63) is 28.8 Å². The van der Waals surface area contributed by atoms with Crippen LogP contribution in [-0.2, 0) is 10.0 Å². The SMILES string of the molecule is Cc1ccc(Cl)c(NS(=O)(=O)C(C)CNC2CC2)c1. The summed E-state index contributed by atoms with van der Waals surface area (Å²) in [4.78, 5) is 0. The number of hydrogen-bond acceptors (Lipinski definition) is 3. The fraction of sp³-hybridized carbons (Fsp3) is 0.538. The number of nitrogens with one attached hydrogen (secondary N) is 2. The van der Waals surface area contributed by atoms with E-state index in [0.717, 1.165) is 18.4 Å². The van der Waals surface area contributed by atoms with Gasteiger partial charge in [-0.2, -0.15) is 0 Å². The van der Waals surface area contributed by atoms with Crippen molar-refractivity contribution in [3.8, 4) is 0 Å². The molecule has 0 heterocycles. The van der Waals surface area contributed by atoms with Crippen LogP contribution in [0.2, 0.25) is 5.02 Å². The lowest BCUT2D eigenvalue weighted by atomic mass is 10.2. The van der Waals surface area contributed by atoms with Gasteiger partial charge in [-0.3, -0.25) is 4.72 Å². The first-order valence-corrected chi connectivity index (χ1v) is 8.32. The highest BCUT2D eigenvalue weighted by Gasteiger charge is 2.26. The Morgan fingerprint density at radius 1 is 1.42 bits per heavy atom. The molecule has 1 saturated carbocycles. The number of sulfonamides is 1. The van der Waals surface area contributed by atoms with Crippen LogP contribution in [0.1, 0.15) is 25.3 Å². The summed E-state index contributed by atoms with van der Waals surface area (Å²) in [5.74, 6) is 0. The minimum absolute atomic E-state index is 0.413. The van der Waals surface area contributed by atoms with Gasteiger partial charge in [0.1, 0.15) is 0 Å². The Labute approximate surface area is 119 Å². The molecule has 1 aliphatic rings. The molecule has 0 bridgehead atoms. The zero-order valence-corrected chi connectivity index (χ0v) is 12.7.